The van der Waals surface area contributed by atoms with E-state index in [9.17, 15) is 0 Å². The Labute approximate surface area is 60.6 Å². The van der Waals surface area contributed by atoms with Crippen LogP contribution in [-0.4, -0.2) is 40.8 Å². The molecule has 0 aromatic carbocycles. The van der Waals surface area contributed by atoms with Crippen molar-refractivity contribution in [1.29, 1.82) is 0 Å². The first-order valence-electron chi connectivity index (χ1n) is 2.88. The molecular formula is C3H4N8. The lowest BCUT2D eigenvalue weighted by Gasteiger charge is -1.88. The van der Waals surface area contributed by atoms with Gasteiger partial charge in [-0.25, -0.2) is 4.68 Å². The zero-order chi connectivity index (χ0) is 7.52. The van der Waals surface area contributed by atoms with Crippen LogP contribution < -0.4 is 0 Å². The first-order chi connectivity index (χ1) is 5.45. The standard InChI is InChI=1S/C3H4N8/c1(3-5-8-9-6-3)11-2-4-7-10-11/h2H,1H2,(H,5,6,8,9). The highest BCUT2D eigenvalue weighted by atomic mass is 15.5. The number of aromatic nitrogens is 8. The highest BCUT2D eigenvalue weighted by Crippen LogP contribution is 1.86. The van der Waals surface area contributed by atoms with E-state index in [1.807, 2.05) is 0 Å². The van der Waals surface area contributed by atoms with E-state index in [-0.39, 0.29) is 0 Å². The van der Waals surface area contributed by atoms with Crippen molar-refractivity contribution in [2.45, 2.75) is 6.54 Å². The van der Waals surface area contributed by atoms with Crippen LogP contribution in [0.2, 0.25) is 0 Å². The van der Waals surface area contributed by atoms with Gasteiger partial charge in [-0.1, -0.05) is 5.21 Å². The quantitative estimate of drug-likeness (QED) is 0.547. The molecular weight excluding hydrogens is 148 g/mol. The van der Waals surface area contributed by atoms with Gasteiger partial charge in [-0.05, 0) is 10.4 Å². The summed E-state index contributed by atoms with van der Waals surface area (Å²) in [6, 6.07) is 0. The fourth-order valence-electron chi connectivity index (χ4n) is 0.647. The Morgan fingerprint density at radius 3 is 3.18 bits per heavy atom. The number of H-pyrrole nitrogens is 1. The molecule has 0 amide bonds. The van der Waals surface area contributed by atoms with Crippen LogP contribution in [0.4, 0.5) is 0 Å². The van der Waals surface area contributed by atoms with Gasteiger partial charge in [-0.15, -0.1) is 15.3 Å². The Morgan fingerprint density at radius 1 is 1.55 bits per heavy atom. The maximum absolute atomic E-state index is 3.73. The van der Waals surface area contributed by atoms with Crippen LogP contribution in [0.15, 0.2) is 6.33 Å². The van der Waals surface area contributed by atoms with E-state index in [1.165, 1.54) is 11.0 Å². The third kappa shape index (κ3) is 1.18. The molecule has 0 fully saturated rings. The third-order valence-corrected chi connectivity index (χ3v) is 1.08. The summed E-state index contributed by atoms with van der Waals surface area (Å²) in [6.45, 7) is 0.434. The van der Waals surface area contributed by atoms with E-state index in [1.54, 1.807) is 0 Å². The lowest BCUT2D eigenvalue weighted by molar-refractivity contribution is 0.624. The molecule has 0 radical (unpaired) electrons. The van der Waals surface area contributed by atoms with E-state index < -0.39 is 0 Å². The summed E-state index contributed by atoms with van der Waals surface area (Å²) >= 11 is 0. The van der Waals surface area contributed by atoms with E-state index in [4.69, 9.17) is 0 Å². The first-order valence-corrected chi connectivity index (χ1v) is 2.88. The van der Waals surface area contributed by atoms with Gasteiger partial charge in [0.15, 0.2) is 5.82 Å². The Morgan fingerprint density at radius 2 is 2.55 bits per heavy atom. The maximum atomic E-state index is 3.73. The summed E-state index contributed by atoms with van der Waals surface area (Å²) in [5, 5.41) is 23.7. The van der Waals surface area contributed by atoms with Crippen LogP contribution in [-0.2, 0) is 6.54 Å². The minimum atomic E-state index is 0.434. The van der Waals surface area contributed by atoms with Crippen LogP contribution in [0, 0.1) is 0 Å². The molecule has 0 saturated carbocycles. The third-order valence-electron chi connectivity index (χ3n) is 1.08. The van der Waals surface area contributed by atoms with Gasteiger partial charge < -0.3 is 0 Å². The second-order valence-electron chi connectivity index (χ2n) is 1.84. The minimum Gasteiger partial charge on any atom is -0.225 e. The van der Waals surface area contributed by atoms with E-state index in [0.29, 0.717) is 12.4 Å². The fraction of sp³-hybridized carbons (Fsp3) is 0.333. The minimum absolute atomic E-state index is 0.434. The second-order valence-corrected chi connectivity index (χ2v) is 1.84. The highest BCUT2D eigenvalue weighted by Gasteiger charge is 1.98. The van der Waals surface area contributed by atoms with Gasteiger partial charge in [-0.2, -0.15) is 5.21 Å². The number of nitrogens with one attached hydrogen (secondary N) is 1. The first kappa shape index (κ1) is 5.89. The average molecular weight is 152 g/mol. The van der Waals surface area contributed by atoms with Crippen molar-refractivity contribution >= 4 is 0 Å². The fourth-order valence-corrected chi connectivity index (χ4v) is 0.647. The van der Waals surface area contributed by atoms with E-state index >= 15 is 0 Å². The van der Waals surface area contributed by atoms with Crippen LogP contribution in [0.25, 0.3) is 0 Å². The van der Waals surface area contributed by atoms with Gasteiger partial charge in [0.25, 0.3) is 0 Å². The normalized spacial score (nSPS) is 10.2. The van der Waals surface area contributed by atoms with Crippen LogP contribution in [0.1, 0.15) is 5.82 Å². The van der Waals surface area contributed by atoms with Crippen LogP contribution >= 0.6 is 0 Å². The molecule has 0 atom stereocenters. The van der Waals surface area contributed by atoms with E-state index in [2.05, 4.69) is 36.1 Å². The van der Waals surface area contributed by atoms with Crippen molar-refractivity contribution in [2.75, 3.05) is 0 Å². The molecule has 2 rings (SSSR count). The molecule has 2 aromatic rings. The molecule has 0 spiro atoms. The molecule has 8 nitrogen and oxygen atoms in total. The van der Waals surface area contributed by atoms with Gasteiger partial charge in [-0.3, -0.25) is 0 Å². The van der Waals surface area contributed by atoms with Crippen molar-refractivity contribution in [3.8, 4) is 0 Å². The smallest absolute Gasteiger partial charge is 0.196 e. The van der Waals surface area contributed by atoms with Crippen molar-refractivity contribution in [3.05, 3.63) is 12.2 Å². The van der Waals surface area contributed by atoms with Crippen molar-refractivity contribution < 1.29 is 0 Å². The molecule has 0 bridgehead atoms. The van der Waals surface area contributed by atoms with Crippen LogP contribution in [0.5, 0.6) is 0 Å². The molecule has 2 aromatic heterocycles. The summed E-state index contributed by atoms with van der Waals surface area (Å²) in [4.78, 5) is 0. The molecule has 0 unspecified atom stereocenters. The number of hydrogen-bond donors (Lipinski definition) is 1. The second kappa shape index (κ2) is 2.40. The number of nitrogens with zero attached hydrogens (tertiary/aromatic N) is 7. The summed E-state index contributed by atoms with van der Waals surface area (Å²) in [5.41, 5.74) is 0. The zero-order valence-electron chi connectivity index (χ0n) is 5.41. The van der Waals surface area contributed by atoms with Gasteiger partial charge in [0.1, 0.15) is 12.9 Å². The number of hydrogen-bond acceptors (Lipinski definition) is 6. The highest BCUT2D eigenvalue weighted by molar-refractivity contribution is 4.75. The topological polar surface area (TPSA) is 98.1 Å². The predicted octanol–water partition coefficient (Wildman–Crippen LogP) is -1.77. The van der Waals surface area contributed by atoms with Gasteiger partial charge in [0.2, 0.25) is 0 Å². The summed E-state index contributed by atoms with van der Waals surface area (Å²) in [7, 11) is 0. The molecule has 0 aliphatic carbocycles. The molecule has 0 saturated heterocycles. The molecule has 0 aliphatic heterocycles. The lowest BCUT2D eigenvalue weighted by atomic mass is 10.6. The molecule has 8 heteroatoms. The number of rotatable bonds is 2. The summed E-state index contributed by atoms with van der Waals surface area (Å²) in [6.07, 6.45) is 1.48. The molecule has 0 aliphatic rings. The maximum Gasteiger partial charge on any atom is 0.196 e. The molecule has 56 valence electrons. The summed E-state index contributed by atoms with van der Waals surface area (Å²) < 4.78 is 1.50. The molecule has 11 heavy (non-hydrogen) atoms. The Bertz CT molecular complexity index is 262. The summed E-state index contributed by atoms with van der Waals surface area (Å²) in [5.74, 6) is 0.553. The largest absolute Gasteiger partial charge is 0.225 e. The van der Waals surface area contributed by atoms with E-state index in [0.717, 1.165) is 0 Å². The van der Waals surface area contributed by atoms with Gasteiger partial charge in [0, 0.05) is 0 Å². The van der Waals surface area contributed by atoms with Crippen molar-refractivity contribution in [2.24, 2.45) is 0 Å². The Kier molecular flexibility index (Phi) is 1.29. The predicted molar refractivity (Wildman–Crippen MR) is 31.1 cm³/mol. The number of tetrazole rings is 2. The molecule has 2 heterocycles. The SMILES string of the molecule is c1nnnn1Cc1nn[nH]n1. The van der Waals surface area contributed by atoms with Gasteiger partial charge >= 0.3 is 0 Å². The monoisotopic (exact) mass is 152 g/mol. The Balaban J connectivity index is 2.14. The number of aromatic amines is 1. The lowest BCUT2D eigenvalue weighted by Crippen LogP contribution is -2.02. The van der Waals surface area contributed by atoms with Crippen molar-refractivity contribution in [3.63, 3.8) is 0 Å². The van der Waals surface area contributed by atoms with Gasteiger partial charge in [0.05, 0.1) is 0 Å². The zero-order valence-corrected chi connectivity index (χ0v) is 5.41. The Hall–Kier alpha value is -1.86. The molecule has 1 N–H and O–H groups in total. The van der Waals surface area contributed by atoms with Crippen molar-refractivity contribution in [1.82, 2.24) is 40.8 Å². The van der Waals surface area contributed by atoms with Crippen LogP contribution in [0.3, 0.4) is 0 Å². The average Bonchev–Trinajstić information content (AvgIpc) is 2.60.